The Balaban J connectivity index is 0.000000155. The Hall–Kier alpha value is -5.50. The first-order valence-electron chi connectivity index (χ1n) is 12.6. The summed E-state index contributed by atoms with van der Waals surface area (Å²) >= 11 is 0. The molecule has 0 unspecified atom stereocenters. The monoisotopic (exact) mass is 532 g/mol. The van der Waals surface area contributed by atoms with Gasteiger partial charge in [0.1, 0.15) is 0 Å². The summed E-state index contributed by atoms with van der Waals surface area (Å²) in [6.07, 6.45) is 6.21. The van der Waals surface area contributed by atoms with Gasteiger partial charge in [0, 0.05) is 39.8 Å². The van der Waals surface area contributed by atoms with Crippen molar-refractivity contribution in [2.24, 2.45) is 0 Å². The number of nitrogens with zero attached hydrogens (tertiary/aromatic N) is 2. The molecule has 0 saturated carbocycles. The molecule has 2 heterocycles. The van der Waals surface area contributed by atoms with E-state index in [-0.39, 0.29) is 17.4 Å². The summed E-state index contributed by atoms with van der Waals surface area (Å²) in [6, 6.07) is 36.9. The van der Waals surface area contributed by atoms with Gasteiger partial charge in [0.05, 0.1) is 10.8 Å². The average molecular weight is 533 g/mol. The predicted molar refractivity (Wildman–Crippen MR) is 159 cm³/mol. The predicted octanol–water partition coefficient (Wildman–Crippen LogP) is 7.68. The molecule has 0 spiro atoms. The second-order valence-electron chi connectivity index (χ2n) is 8.84. The fourth-order valence-corrected chi connectivity index (χ4v) is 4.31. The standard InChI is InChI=1S/C16H14N2O2.C8H7NO2.C8H7N/c19-18(20)11-15(12-6-2-1-3-7-12)14-10-17-16-9-5-4-8-13(14)16;10-9(11)7-6-8-4-2-1-3-5-8;1-2-4-8-7(3-1)5-6-9-8/h1-10,15,17H,11H2;1-7H;1-6,9H/b;7-6+;/t15-;;/m0../s1. The maximum absolute atomic E-state index is 11.0. The number of nitro groups is 2. The lowest BCUT2D eigenvalue weighted by atomic mass is 9.91. The topological polar surface area (TPSA) is 118 Å². The minimum absolute atomic E-state index is 0.105. The molecule has 0 fully saturated rings. The Morgan fingerprint density at radius 2 is 1.32 bits per heavy atom. The number of aromatic nitrogens is 2. The number of nitrogens with one attached hydrogen (secondary N) is 2. The minimum atomic E-state index is -0.479. The molecule has 0 aliphatic carbocycles. The van der Waals surface area contributed by atoms with Gasteiger partial charge in [-0.2, -0.15) is 0 Å². The Morgan fingerprint density at radius 1 is 0.700 bits per heavy atom. The number of benzene rings is 4. The van der Waals surface area contributed by atoms with Gasteiger partial charge in [-0.1, -0.05) is 97.1 Å². The van der Waals surface area contributed by atoms with Crippen LogP contribution in [0.5, 0.6) is 0 Å². The molecule has 0 aliphatic rings. The number of fused-ring (bicyclic) bond motifs is 2. The van der Waals surface area contributed by atoms with E-state index in [2.05, 4.69) is 28.2 Å². The molecule has 6 aromatic rings. The van der Waals surface area contributed by atoms with Crippen LogP contribution in [0.25, 0.3) is 27.9 Å². The van der Waals surface area contributed by atoms with Crippen LogP contribution in [0.2, 0.25) is 0 Å². The van der Waals surface area contributed by atoms with Crippen LogP contribution >= 0.6 is 0 Å². The van der Waals surface area contributed by atoms with Gasteiger partial charge in [-0.3, -0.25) is 20.2 Å². The van der Waals surface area contributed by atoms with Crippen molar-refractivity contribution in [1.82, 2.24) is 9.97 Å². The van der Waals surface area contributed by atoms with E-state index >= 15 is 0 Å². The number of H-pyrrole nitrogens is 2. The van der Waals surface area contributed by atoms with Crippen LogP contribution < -0.4 is 0 Å². The molecule has 0 amide bonds. The molecule has 1 atom stereocenters. The maximum Gasteiger partial charge on any atom is 0.235 e. The van der Waals surface area contributed by atoms with E-state index in [0.29, 0.717) is 0 Å². The van der Waals surface area contributed by atoms with Gasteiger partial charge in [0.2, 0.25) is 12.7 Å². The molecule has 6 rings (SSSR count). The van der Waals surface area contributed by atoms with E-state index in [1.165, 1.54) is 17.0 Å². The van der Waals surface area contributed by atoms with Gasteiger partial charge in [0.25, 0.3) is 0 Å². The van der Waals surface area contributed by atoms with E-state index in [1.807, 2.05) is 97.3 Å². The molecule has 0 aliphatic heterocycles. The van der Waals surface area contributed by atoms with Crippen LogP contribution in [0.3, 0.4) is 0 Å². The van der Waals surface area contributed by atoms with Gasteiger partial charge in [-0.25, -0.2) is 0 Å². The first-order valence-corrected chi connectivity index (χ1v) is 12.6. The van der Waals surface area contributed by atoms with E-state index in [1.54, 1.807) is 12.1 Å². The van der Waals surface area contributed by atoms with Crippen molar-refractivity contribution >= 4 is 27.9 Å². The zero-order chi connectivity index (χ0) is 28.2. The first-order chi connectivity index (χ1) is 19.5. The zero-order valence-electron chi connectivity index (χ0n) is 21.6. The zero-order valence-corrected chi connectivity index (χ0v) is 21.6. The highest BCUT2D eigenvalue weighted by Crippen LogP contribution is 2.30. The molecule has 0 saturated heterocycles. The van der Waals surface area contributed by atoms with Crippen molar-refractivity contribution in [2.75, 3.05) is 6.54 Å². The molecule has 40 heavy (non-hydrogen) atoms. The van der Waals surface area contributed by atoms with Crippen LogP contribution in [0.4, 0.5) is 0 Å². The maximum atomic E-state index is 11.0. The SMILES string of the molecule is O=[N+]([O-])/C=C/c1ccccc1.O=[N+]([O-])C[C@@H](c1ccccc1)c1c[nH]c2ccccc12.c1ccc2[nH]ccc2c1. The third-order valence-electron chi connectivity index (χ3n) is 6.18. The summed E-state index contributed by atoms with van der Waals surface area (Å²) in [5, 5.41) is 23.2. The summed E-state index contributed by atoms with van der Waals surface area (Å²) in [6.45, 7) is -0.105. The van der Waals surface area contributed by atoms with Crippen molar-refractivity contribution in [3.05, 3.63) is 171 Å². The van der Waals surface area contributed by atoms with Gasteiger partial charge in [-0.15, -0.1) is 0 Å². The minimum Gasteiger partial charge on any atom is -0.361 e. The summed E-state index contributed by atoms with van der Waals surface area (Å²) in [5.41, 5.74) is 4.99. The molecular formula is C32H28N4O4. The van der Waals surface area contributed by atoms with E-state index in [9.17, 15) is 20.2 Å². The van der Waals surface area contributed by atoms with Crippen molar-refractivity contribution in [3.8, 4) is 0 Å². The molecule has 2 aromatic heterocycles. The summed E-state index contributed by atoms with van der Waals surface area (Å²) in [7, 11) is 0. The molecule has 4 aromatic carbocycles. The van der Waals surface area contributed by atoms with Crippen molar-refractivity contribution in [1.29, 1.82) is 0 Å². The number of rotatable bonds is 6. The van der Waals surface area contributed by atoms with E-state index in [4.69, 9.17) is 0 Å². The second kappa shape index (κ2) is 13.9. The molecule has 8 heteroatoms. The van der Waals surface area contributed by atoms with Crippen LogP contribution in [-0.4, -0.2) is 26.4 Å². The Bertz CT molecular complexity index is 1660. The highest BCUT2D eigenvalue weighted by molar-refractivity contribution is 5.84. The highest BCUT2D eigenvalue weighted by Gasteiger charge is 2.22. The average Bonchev–Trinajstić information content (AvgIpc) is 3.64. The van der Waals surface area contributed by atoms with E-state index < -0.39 is 4.92 Å². The van der Waals surface area contributed by atoms with Crippen molar-refractivity contribution in [2.45, 2.75) is 5.92 Å². The fourth-order valence-electron chi connectivity index (χ4n) is 4.31. The number of hydrogen-bond acceptors (Lipinski definition) is 4. The summed E-state index contributed by atoms with van der Waals surface area (Å²) in [4.78, 5) is 26.5. The molecular weight excluding hydrogens is 504 g/mol. The summed E-state index contributed by atoms with van der Waals surface area (Å²) in [5.74, 6) is -0.234. The van der Waals surface area contributed by atoms with Crippen LogP contribution in [0.15, 0.2) is 134 Å². The number of hydrogen-bond donors (Lipinski definition) is 2. The van der Waals surface area contributed by atoms with Gasteiger partial charge >= 0.3 is 0 Å². The lowest BCUT2D eigenvalue weighted by molar-refractivity contribution is -0.481. The number of aromatic amines is 2. The summed E-state index contributed by atoms with van der Waals surface area (Å²) < 4.78 is 0. The highest BCUT2D eigenvalue weighted by atomic mass is 16.6. The lowest BCUT2D eigenvalue weighted by Gasteiger charge is -2.12. The Kier molecular flexibility index (Phi) is 9.55. The largest absolute Gasteiger partial charge is 0.361 e. The third kappa shape index (κ3) is 7.75. The molecule has 8 nitrogen and oxygen atoms in total. The van der Waals surface area contributed by atoms with Crippen molar-refractivity contribution in [3.63, 3.8) is 0 Å². The molecule has 0 bridgehead atoms. The first kappa shape index (κ1) is 27.5. The smallest absolute Gasteiger partial charge is 0.235 e. The number of para-hydroxylation sites is 2. The molecule has 2 N–H and O–H groups in total. The van der Waals surface area contributed by atoms with Gasteiger partial charge < -0.3 is 9.97 Å². The lowest BCUT2D eigenvalue weighted by Crippen LogP contribution is -2.13. The van der Waals surface area contributed by atoms with Crippen molar-refractivity contribution < 1.29 is 9.85 Å². The van der Waals surface area contributed by atoms with Crippen LogP contribution in [0.1, 0.15) is 22.6 Å². The normalized spacial score (nSPS) is 11.3. The Labute approximate surface area is 230 Å². The van der Waals surface area contributed by atoms with E-state index in [0.717, 1.165) is 33.8 Å². The van der Waals surface area contributed by atoms with Crippen LogP contribution in [-0.2, 0) is 0 Å². The molecule has 200 valence electrons. The molecule has 0 radical (unpaired) electrons. The Morgan fingerprint density at radius 3 is 2.00 bits per heavy atom. The second-order valence-corrected chi connectivity index (χ2v) is 8.84. The third-order valence-corrected chi connectivity index (χ3v) is 6.18. The van der Waals surface area contributed by atoms with Crippen LogP contribution in [0, 0.1) is 20.2 Å². The quantitative estimate of drug-likeness (QED) is 0.169. The van der Waals surface area contributed by atoms with Gasteiger partial charge in [0.15, 0.2) is 0 Å². The fraction of sp³-hybridized carbons (Fsp3) is 0.0625. The van der Waals surface area contributed by atoms with Gasteiger partial charge in [-0.05, 0) is 40.3 Å².